The molecule has 2 saturated carbocycles. The zero-order valence-electron chi connectivity index (χ0n) is 12.1. The molecule has 2 heteroatoms. The molecule has 2 rings (SSSR count). The second kappa shape index (κ2) is 4.84. The van der Waals surface area contributed by atoms with E-state index in [2.05, 4.69) is 41.6 Å². The lowest BCUT2D eigenvalue weighted by Gasteiger charge is -2.44. The quantitative estimate of drug-likeness (QED) is 0.383. The molecular formula is C15H28IN. The number of quaternary nitrogens is 1. The van der Waals surface area contributed by atoms with Crippen molar-refractivity contribution in [1.82, 2.24) is 0 Å². The van der Waals surface area contributed by atoms with Gasteiger partial charge in [-0.1, -0.05) is 26.0 Å². The highest BCUT2D eigenvalue weighted by Crippen LogP contribution is 2.58. The molecule has 0 aromatic heterocycles. The Hall–Kier alpha value is 0.430. The Balaban J connectivity index is 0.00000144. The van der Waals surface area contributed by atoms with Crippen LogP contribution in [-0.2, 0) is 0 Å². The third-order valence-corrected chi connectivity index (χ3v) is 5.06. The molecule has 0 aromatic rings. The summed E-state index contributed by atoms with van der Waals surface area (Å²) in [5, 5.41) is 0. The molecule has 3 unspecified atom stereocenters. The number of hydrogen-bond acceptors (Lipinski definition) is 0. The summed E-state index contributed by atoms with van der Waals surface area (Å²) in [7, 11) is 6.90. The molecule has 1 nitrogen and oxygen atoms in total. The molecule has 100 valence electrons. The molecule has 3 atom stereocenters. The van der Waals surface area contributed by atoms with Crippen LogP contribution in [0.25, 0.3) is 0 Å². The van der Waals surface area contributed by atoms with Crippen LogP contribution < -0.4 is 24.0 Å². The number of fused-ring (bicyclic) bond motifs is 2. The molecule has 0 heterocycles. The monoisotopic (exact) mass is 349 g/mol. The summed E-state index contributed by atoms with van der Waals surface area (Å²) in [5.41, 5.74) is 2.09. The predicted molar refractivity (Wildman–Crippen MR) is 70.1 cm³/mol. The van der Waals surface area contributed by atoms with E-state index in [4.69, 9.17) is 0 Å². The summed E-state index contributed by atoms with van der Waals surface area (Å²) in [6.07, 6.45) is 4.21. The zero-order valence-corrected chi connectivity index (χ0v) is 14.3. The first-order chi connectivity index (χ1) is 7.22. The third-order valence-electron chi connectivity index (χ3n) is 5.06. The summed E-state index contributed by atoms with van der Waals surface area (Å²) in [6, 6.07) is 0. The lowest BCUT2D eigenvalue weighted by atomic mass is 9.62. The van der Waals surface area contributed by atoms with Gasteiger partial charge in [-0.2, -0.15) is 0 Å². The maximum Gasteiger partial charge on any atom is 0.0846 e. The molecule has 0 spiro atoms. The zero-order chi connectivity index (χ0) is 12.1. The van der Waals surface area contributed by atoms with Crippen molar-refractivity contribution in [2.45, 2.75) is 33.1 Å². The van der Waals surface area contributed by atoms with Gasteiger partial charge in [0.25, 0.3) is 0 Å². The Labute approximate surface area is 124 Å². The molecule has 2 bridgehead atoms. The third kappa shape index (κ3) is 2.89. The second-order valence-electron chi connectivity index (χ2n) is 7.63. The largest absolute Gasteiger partial charge is 1.00 e. The smallest absolute Gasteiger partial charge is 0.0846 e. The van der Waals surface area contributed by atoms with Gasteiger partial charge in [0, 0.05) is 5.92 Å². The van der Waals surface area contributed by atoms with Crippen LogP contribution in [0.3, 0.4) is 0 Å². The molecule has 0 saturated heterocycles. The van der Waals surface area contributed by atoms with Crippen LogP contribution in [0.15, 0.2) is 12.2 Å². The van der Waals surface area contributed by atoms with Crippen molar-refractivity contribution in [3.05, 3.63) is 12.2 Å². The predicted octanol–water partition coefficient (Wildman–Crippen LogP) is 0.325. The standard InChI is InChI=1S/C15H28N.HI/c1-11-12(10-16(4,5)6)9-13-7-8-14(11)15(13,2)3;/h12-14H,1,7-10H2,2-6H3;1H/q+1;/p-1. The lowest BCUT2D eigenvalue weighted by Crippen LogP contribution is -3.00. The SMILES string of the molecule is C=C1C(C[N+](C)(C)C)CC2CCC1C2(C)C.[I-]. The average Bonchev–Trinajstić information content (AvgIpc) is 2.27. The van der Waals surface area contributed by atoms with Crippen LogP contribution in [0.1, 0.15) is 33.1 Å². The van der Waals surface area contributed by atoms with Gasteiger partial charge in [-0.15, -0.1) is 0 Å². The molecule has 0 radical (unpaired) electrons. The van der Waals surface area contributed by atoms with Crippen LogP contribution in [0.5, 0.6) is 0 Å². The van der Waals surface area contributed by atoms with E-state index >= 15 is 0 Å². The second-order valence-corrected chi connectivity index (χ2v) is 7.63. The van der Waals surface area contributed by atoms with Crippen LogP contribution >= 0.6 is 0 Å². The Morgan fingerprint density at radius 3 is 2.35 bits per heavy atom. The fourth-order valence-corrected chi connectivity index (χ4v) is 4.11. The van der Waals surface area contributed by atoms with Crippen LogP contribution in [0.2, 0.25) is 0 Å². The van der Waals surface area contributed by atoms with E-state index in [1.165, 1.54) is 25.8 Å². The number of hydrogen-bond donors (Lipinski definition) is 0. The van der Waals surface area contributed by atoms with Gasteiger partial charge in [0.1, 0.15) is 0 Å². The normalized spacial score (nSPS) is 35.6. The molecule has 0 aliphatic heterocycles. The van der Waals surface area contributed by atoms with Gasteiger partial charge in [-0.05, 0) is 36.5 Å². The van der Waals surface area contributed by atoms with E-state index in [0.29, 0.717) is 5.41 Å². The number of halogens is 1. The summed E-state index contributed by atoms with van der Waals surface area (Å²) >= 11 is 0. The van der Waals surface area contributed by atoms with Crippen molar-refractivity contribution >= 4 is 0 Å². The topological polar surface area (TPSA) is 0 Å². The molecule has 0 N–H and O–H groups in total. The van der Waals surface area contributed by atoms with Gasteiger partial charge in [0.15, 0.2) is 0 Å². The maximum atomic E-state index is 4.44. The van der Waals surface area contributed by atoms with Crippen LogP contribution in [-0.4, -0.2) is 32.2 Å². The van der Waals surface area contributed by atoms with Gasteiger partial charge >= 0.3 is 0 Å². The van der Waals surface area contributed by atoms with E-state index in [1.807, 2.05) is 0 Å². The summed E-state index contributed by atoms with van der Waals surface area (Å²) in [5.74, 6) is 2.51. The van der Waals surface area contributed by atoms with Crippen molar-refractivity contribution in [1.29, 1.82) is 0 Å². The Morgan fingerprint density at radius 2 is 1.82 bits per heavy atom. The van der Waals surface area contributed by atoms with Crippen molar-refractivity contribution in [3.8, 4) is 0 Å². The highest BCUT2D eigenvalue weighted by atomic mass is 127. The number of rotatable bonds is 2. The summed E-state index contributed by atoms with van der Waals surface area (Å²) < 4.78 is 1.07. The fourth-order valence-electron chi connectivity index (χ4n) is 4.11. The minimum absolute atomic E-state index is 0. The van der Waals surface area contributed by atoms with Gasteiger partial charge in [-0.3, -0.25) is 0 Å². The van der Waals surface area contributed by atoms with Crippen molar-refractivity contribution in [3.63, 3.8) is 0 Å². The van der Waals surface area contributed by atoms with Gasteiger partial charge < -0.3 is 28.5 Å². The first-order valence-electron chi connectivity index (χ1n) is 6.71. The highest BCUT2D eigenvalue weighted by molar-refractivity contribution is 5.18. The van der Waals surface area contributed by atoms with E-state index in [1.54, 1.807) is 5.57 Å². The van der Waals surface area contributed by atoms with E-state index < -0.39 is 0 Å². The Bertz CT molecular complexity index is 301. The summed E-state index contributed by atoms with van der Waals surface area (Å²) in [6.45, 7) is 10.6. The summed E-state index contributed by atoms with van der Waals surface area (Å²) in [4.78, 5) is 0. The number of nitrogens with zero attached hydrogens (tertiary/aromatic N) is 1. The molecule has 2 fully saturated rings. The first-order valence-corrected chi connectivity index (χ1v) is 6.71. The van der Waals surface area contributed by atoms with Crippen molar-refractivity contribution in [2.24, 2.45) is 23.2 Å². The minimum Gasteiger partial charge on any atom is -1.00 e. The van der Waals surface area contributed by atoms with Crippen molar-refractivity contribution in [2.75, 3.05) is 27.7 Å². The fraction of sp³-hybridized carbons (Fsp3) is 0.867. The van der Waals surface area contributed by atoms with Gasteiger partial charge in [0.05, 0.1) is 27.7 Å². The van der Waals surface area contributed by atoms with E-state index in [0.717, 1.165) is 22.2 Å². The van der Waals surface area contributed by atoms with Gasteiger partial charge in [0.2, 0.25) is 0 Å². The average molecular weight is 349 g/mol. The molecule has 2 aliphatic carbocycles. The molecule has 17 heavy (non-hydrogen) atoms. The molecule has 0 aromatic carbocycles. The van der Waals surface area contributed by atoms with Gasteiger partial charge in [-0.25, -0.2) is 0 Å². The first kappa shape index (κ1) is 15.5. The van der Waals surface area contributed by atoms with E-state index in [9.17, 15) is 0 Å². The lowest BCUT2D eigenvalue weighted by molar-refractivity contribution is -0.873. The Kier molecular flexibility index (Phi) is 4.41. The highest BCUT2D eigenvalue weighted by Gasteiger charge is 2.50. The maximum absolute atomic E-state index is 4.44. The van der Waals surface area contributed by atoms with Crippen molar-refractivity contribution < 1.29 is 28.5 Å². The van der Waals surface area contributed by atoms with Crippen LogP contribution in [0, 0.1) is 23.2 Å². The van der Waals surface area contributed by atoms with Crippen LogP contribution in [0.4, 0.5) is 0 Å². The molecule has 0 amide bonds. The Morgan fingerprint density at radius 1 is 1.24 bits per heavy atom. The van der Waals surface area contributed by atoms with E-state index in [-0.39, 0.29) is 24.0 Å². The molecular weight excluding hydrogens is 321 g/mol. The minimum atomic E-state index is 0. The molecule has 2 aliphatic rings.